The van der Waals surface area contributed by atoms with Gasteiger partial charge < -0.3 is 10.0 Å². The molecule has 1 aromatic carbocycles. The van der Waals surface area contributed by atoms with E-state index in [2.05, 4.69) is 28.8 Å². The maximum atomic E-state index is 12.3. The van der Waals surface area contributed by atoms with E-state index in [1.165, 1.54) is 12.0 Å². The Morgan fingerprint density at radius 1 is 1.23 bits per heavy atom. The fourth-order valence-electron chi connectivity index (χ4n) is 3.65. The smallest absolute Gasteiger partial charge is 0.321 e. The number of hydrogen-bond donors (Lipinski definition) is 2. The van der Waals surface area contributed by atoms with Gasteiger partial charge in [-0.15, -0.1) is 0 Å². The van der Waals surface area contributed by atoms with Crippen molar-refractivity contribution in [1.82, 2.24) is 9.71 Å². The number of carboxylic acids is 1. The number of fused-ring (bicyclic) bond motifs is 1. The van der Waals surface area contributed by atoms with E-state index in [0.29, 0.717) is 11.3 Å². The van der Waals surface area contributed by atoms with Crippen LogP contribution in [0.5, 0.6) is 0 Å². The first-order valence-electron chi connectivity index (χ1n) is 10.9. The van der Waals surface area contributed by atoms with Gasteiger partial charge in [0.15, 0.2) is 0 Å². The summed E-state index contributed by atoms with van der Waals surface area (Å²) < 4.78 is 15.0. The molecule has 1 aliphatic rings. The summed E-state index contributed by atoms with van der Waals surface area (Å²) in [6.45, 7) is 1.07. The van der Waals surface area contributed by atoms with Crippen molar-refractivity contribution in [3.05, 3.63) is 65.9 Å². The van der Waals surface area contributed by atoms with Crippen LogP contribution in [0.3, 0.4) is 0 Å². The molecule has 166 valence electrons. The monoisotopic (exact) mass is 441 g/mol. The van der Waals surface area contributed by atoms with E-state index in [1.54, 1.807) is 24.3 Å². The number of allylic oxidation sites excluding steroid dienone is 1. The molecular formula is C24H31N3O3S. The summed E-state index contributed by atoms with van der Waals surface area (Å²) in [7, 11) is 0.561. The normalized spacial score (nSPS) is 15.6. The van der Waals surface area contributed by atoms with Gasteiger partial charge >= 0.3 is 5.97 Å². The van der Waals surface area contributed by atoms with Gasteiger partial charge in [-0.25, -0.2) is 13.9 Å². The van der Waals surface area contributed by atoms with Crippen molar-refractivity contribution >= 4 is 22.8 Å². The van der Waals surface area contributed by atoms with Gasteiger partial charge in [0, 0.05) is 19.3 Å². The molecule has 0 amide bonds. The quantitative estimate of drug-likeness (QED) is 0.408. The van der Waals surface area contributed by atoms with Crippen LogP contribution in [0.4, 0.5) is 5.82 Å². The molecule has 0 saturated heterocycles. The van der Waals surface area contributed by atoms with Crippen LogP contribution >= 0.6 is 0 Å². The Morgan fingerprint density at radius 2 is 2.03 bits per heavy atom. The predicted molar refractivity (Wildman–Crippen MR) is 125 cm³/mol. The third kappa shape index (κ3) is 7.01. The van der Waals surface area contributed by atoms with Crippen LogP contribution in [-0.4, -0.2) is 39.9 Å². The second kappa shape index (κ2) is 11.8. The first-order chi connectivity index (χ1) is 15.0. The fraction of sp³-hybridized carbons (Fsp3) is 0.417. The summed E-state index contributed by atoms with van der Waals surface area (Å²) in [5, 5.41) is 9.40. The summed E-state index contributed by atoms with van der Waals surface area (Å²) in [6.07, 6.45) is 10.4. The summed E-state index contributed by atoms with van der Waals surface area (Å²) in [6, 6.07) is 12.3. The van der Waals surface area contributed by atoms with Gasteiger partial charge in [-0.05, 0) is 68.7 Å². The van der Waals surface area contributed by atoms with Gasteiger partial charge in [0.2, 0.25) is 0 Å². The number of aliphatic carboxylic acids is 1. The van der Waals surface area contributed by atoms with Gasteiger partial charge in [0.25, 0.3) is 0 Å². The third-order valence-corrected chi connectivity index (χ3v) is 6.61. The molecule has 6 nitrogen and oxygen atoms in total. The van der Waals surface area contributed by atoms with Crippen molar-refractivity contribution < 1.29 is 14.1 Å². The van der Waals surface area contributed by atoms with Gasteiger partial charge in [0.05, 0.1) is 4.90 Å². The zero-order valence-corrected chi connectivity index (χ0v) is 18.8. The van der Waals surface area contributed by atoms with E-state index in [0.717, 1.165) is 50.2 Å². The first kappa shape index (κ1) is 23.2. The van der Waals surface area contributed by atoms with Crippen molar-refractivity contribution in [2.75, 3.05) is 18.5 Å². The summed E-state index contributed by atoms with van der Waals surface area (Å²) in [5.74, 6) is 0.126. The lowest BCUT2D eigenvalue weighted by molar-refractivity contribution is -0.138. The number of pyridine rings is 1. The van der Waals surface area contributed by atoms with Crippen molar-refractivity contribution in [3.8, 4) is 0 Å². The second-order valence-corrected chi connectivity index (χ2v) is 9.10. The van der Waals surface area contributed by atoms with Crippen LogP contribution in [0.25, 0.3) is 0 Å². The molecule has 1 aliphatic heterocycles. The highest BCUT2D eigenvalue weighted by atomic mass is 32.2. The predicted octanol–water partition coefficient (Wildman–Crippen LogP) is 3.89. The Hall–Kier alpha value is -2.51. The number of nitrogens with one attached hydrogen (secondary N) is 1. The van der Waals surface area contributed by atoms with Gasteiger partial charge in [-0.1, -0.05) is 36.4 Å². The minimum absolute atomic E-state index is 0.298. The molecule has 2 unspecified atom stereocenters. The van der Waals surface area contributed by atoms with Crippen LogP contribution in [0.2, 0.25) is 0 Å². The topological polar surface area (TPSA) is 82.5 Å². The molecule has 1 aromatic heterocycles. The number of anilines is 1. The van der Waals surface area contributed by atoms with Crippen molar-refractivity contribution in [1.29, 1.82) is 0 Å². The van der Waals surface area contributed by atoms with E-state index in [-0.39, 0.29) is 0 Å². The highest BCUT2D eigenvalue weighted by Crippen LogP contribution is 2.24. The molecule has 31 heavy (non-hydrogen) atoms. The van der Waals surface area contributed by atoms with Crippen LogP contribution < -0.4 is 9.62 Å². The summed E-state index contributed by atoms with van der Waals surface area (Å²) >= 11 is 0. The van der Waals surface area contributed by atoms with Gasteiger partial charge in [0.1, 0.15) is 22.8 Å². The molecule has 0 spiro atoms. The minimum Gasteiger partial charge on any atom is -0.480 e. The van der Waals surface area contributed by atoms with E-state index in [9.17, 15) is 14.1 Å². The average molecular weight is 442 g/mol. The molecule has 0 saturated carbocycles. The largest absolute Gasteiger partial charge is 0.480 e. The zero-order chi connectivity index (χ0) is 22.1. The molecule has 2 atom stereocenters. The summed E-state index contributed by atoms with van der Waals surface area (Å²) in [4.78, 5) is 19.1. The number of unbranched alkanes of at least 4 members (excludes halogenated alkanes) is 2. The lowest BCUT2D eigenvalue weighted by Crippen LogP contribution is -2.37. The van der Waals surface area contributed by atoms with Crippen molar-refractivity contribution in [3.63, 3.8) is 0 Å². The SMILES string of the molecule is CN1CCCc2ccc(CCCC/C=C/CC(NS(=O)c3ccccc3)C(=O)O)nc21. The molecular weight excluding hydrogens is 410 g/mol. The third-order valence-electron chi connectivity index (χ3n) is 5.41. The maximum Gasteiger partial charge on any atom is 0.321 e. The van der Waals surface area contributed by atoms with Crippen molar-refractivity contribution in [2.45, 2.75) is 55.9 Å². The molecule has 0 radical (unpaired) electrons. The minimum atomic E-state index is -1.54. The number of rotatable bonds is 11. The molecule has 2 heterocycles. The van der Waals surface area contributed by atoms with E-state index >= 15 is 0 Å². The molecule has 2 aromatic rings. The summed E-state index contributed by atoms with van der Waals surface area (Å²) in [5.41, 5.74) is 2.48. The molecule has 7 heteroatoms. The Bertz CT molecular complexity index is 918. The Balaban J connectivity index is 1.39. The average Bonchev–Trinajstić information content (AvgIpc) is 2.78. The second-order valence-electron chi connectivity index (χ2n) is 7.85. The lowest BCUT2D eigenvalue weighted by Gasteiger charge is -2.26. The zero-order valence-electron chi connectivity index (χ0n) is 18.0. The number of nitrogens with zero attached hydrogens (tertiary/aromatic N) is 2. The van der Waals surface area contributed by atoms with Crippen LogP contribution in [0.15, 0.2) is 59.5 Å². The maximum absolute atomic E-state index is 12.3. The fourth-order valence-corrected chi connectivity index (χ4v) is 4.65. The van der Waals surface area contributed by atoms with E-state index in [4.69, 9.17) is 4.98 Å². The number of benzene rings is 1. The number of carbonyl (C=O) groups is 1. The molecule has 2 N–H and O–H groups in total. The number of aromatic nitrogens is 1. The first-order valence-corrected chi connectivity index (χ1v) is 12.0. The molecule has 3 rings (SSSR count). The van der Waals surface area contributed by atoms with Crippen LogP contribution in [-0.2, 0) is 28.6 Å². The van der Waals surface area contributed by atoms with Gasteiger partial charge in [-0.3, -0.25) is 4.79 Å². The van der Waals surface area contributed by atoms with Gasteiger partial charge in [-0.2, -0.15) is 0 Å². The van der Waals surface area contributed by atoms with E-state index in [1.807, 2.05) is 18.2 Å². The highest BCUT2D eigenvalue weighted by molar-refractivity contribution is 7.83. The number of hydrogen-bond acceptors (Lipinski definition) is 4. The number of aryl methyl sites for hydroxylation is 2. The lowest BCUT2D eigenvalue weighted by atomic mass is 10.0. The highest BCUT2D eigenvalue weighted by Gasteiger charge is 2.19. The Morgan fingerprint density at radius 3 is 2.81 bits per heavy atom. The Labute approximate surface area is 187 Å². The Kier molecular flexibility index (Phi) is 8.79. The van der Waals surface area contributed by atoms with E-state index < -0.39 is 23.0 Å². The van der Waals surface area contributed by atoms with Crippen LogP contribution in [0, 0.1) is 0 Å². The molecule has 0 bridgehead atoms. The molecule has 0 aliphatic carbocycles. The number of carboxylic acid groups (broad SMARTS) is 1. The van der Waals surface area contributed by atoms with Crippen molar-refractivity contribution in [2.24, 2.45) is 0 Å². The van der Waals surface area contributed by atoms with Crippen LogP contribution in [0.1, 0.15) is 43.4 Å². The molecule has 0 fully saturated rings. The standard InChI is InChI=1S/C24H31N3O3S/c1-27-18-10-11-19-16-17-20(25-23(19)27)12-6-3-2-4-9-15-22(24(28)29)26-31(30)21-13-7-5-8-14-21/h4-5,7-9,13-14,16-17,22,26H,2-3,6,10-12,15,18H2,1H3,(H,28,29)/b9-4+.